The van der Waals surface area contributed by atoms with Crippen LogP contribution < -0.4 is 9.47 Å². The van der Waals surface area contributed by atoms with Crippen LogP contribution in [0.15, 0.2) is 42.5 Å². The number of benzene rings is 2. The fraction of sp³-hybridized carbons (Fsp3) is 0.125. The molecule has 0 radical (unpaired) electrons. The second-order valence-corrected chi connectivity index (χ2v) is 5.40. The molecule has 1 N–H and O–H groups in total. The third-order valence-corrected chi connectivity index (χ3v) is 3.39. The van der Waals surface area contributed by atoms with Gasteiger partial charge in [0.25, 0.3) is 0 Å². The number of carbonyl (C=O) groups excluding carboxylic acids is 1. The van der Waals surface area contributed by atoms with Gasteiger partial charge in [0.05, 0.1) is 5.02 Å². The van der Waals surface area contributed by atoms with Gasteiger partial charge >= 0.3 is 11.9 Å². The van der Waals surface area contributed by atoms with Crippen molar-refractivity contribution in [1.82, 2.24) is 0 Å². The van der Waals surface area contributed by atoms with E-state index in [9.17, 15) is 9.59 Å². The van der Waals surface area contributed by atoms with E-state index < -0.39 is 18.0 Å². The zero-order chi connectivity index (χ0) is 17.0. The SMILES string of the molecule is CC(Oc1ccc(Cl)cc1Cl)C(=O)Oc1ccccc1C(=O)O. The molecule has 0 aliphatic carbocycles. The van der Waals surface area contributed by atoms with Crippen molar-refractivity contribution in [2.24, 2.45) is 0 Å². The smallest absolute Gasteiger partial charge is 0.352 e. The first-order chi connectivity index (χ1) is 10.9. The van der Waals surface area contributed by atoms with Crippen molar-refractivity contribution in [3.8, 4) is 11.5 Å². The lowest BCUT2D eigenvalue weighted by Crippen LogP contribution is -2.29. The van der Waals surface area contributed by atoms with E-state index in [1.165, 1.54) is 37.3 Å². The highest BCUT2D eigenvalue weighted by molar-refractivity contribution is 6.35. The van der Waals surface area contributed by atoms with Crippen molar-refractivity contribution in [3.63, 3.8) is 0 Å². The van der Waals surface area contributed by atoms with Crippen LogP contribution in [0.5, 0.6) is 11.5 Å². The van der Waals surface area contributed by atoms with Crippen LogP contribution in [0.4, 0.5) is 0 Å². The molecule has 0 saturated heterocycles. The van der Waals surface area contributed by atoms with Crippen LogP contribution >= 0.6 is 23.2 Å². The van der Waals surface area contributed by atoms with Gasteiger partial charge in [-0.3, -0.25) is 0 Å². The number of carbonyl (C=O) groups is 2. The summed E-state index contributed by atoms with van der Waals surface area (Å²) >= 11 is 11.7. The van der Waals surface area contributed by atoms with E-state index in [1.54, 1.807) is 12.1 Å². The minimum Gasteiger partial charge on any atom is -0.478 e. The maximum absolute atomic E-state index is 12.1. The van der Waals surface area contributed by atoms with Crippen LogP contribution in [0.3, 0.4) is 0 Å². The summed E-state index contributed by atoms with van der Waals surface area (Å²) in [4.78, 5) is 23.1. The lowest BCUT2D eigenvalue weighted by atomic mass is 10.2. The summed E-state index contributed by atoms with van der Waals surface area (Å²) < 4.78 is 10.5. The predicted molar refractivity (Wildman–Crippen MR) is 85.6 cm³/mol. The molecule has 1 unspecified atom stereocenters. The minimum atomic E-state index is -1.19. The molecule has 23 heavy (non-hydrogen) atoms. The molecular weight excluding hydrogens is 343 g/mol. The molecule has 0 aliphatic heterocycles. The van der Waals surface area contributed by atoms with Gasteiger partial charge in [-0.2, -0.15) is 0 Å². The predicted octanol–water partition coefficient (Wildman–Crippen LogP) is 4.06. The van der Waals surface area contributed by atoms with E-state index in [-0.39, 0.29) is 22.1 Å². The Morgan fingerprint density at radius 2 is 1.78 bits per heavy atom. The van der Waals surface area contributed by atoms with Crippen molar-refractivity contribution in [3.05, 3.63) is 58.1 Å². The summed E-state index contributed by atoms with van der Waals surface area (Å²) in [6.45, 7) is 1.47. The molecule has 1 atom stereocenters. The van der Waals surface area contributed by atoms with Crippen molar-refractivity contribution in [1.29, 1.82) is 0 Å². The molecule has 0 heterocycles. The van der Waals surface area contributed by atoms with E-state index in [2.05, 4.69) is 0 Å². The Balaban J connectivity index is 2.10. The lowest BCUT2D eigenvalue weighted by molar-refractivity contribution is -0.141. The third-order valence-electron chi connectivity index (χ3n) is 2.86. The molecule has 7 heteroatoms. The molecule has 2 aromatic carbocycles. The summed E-state index contributed by atoms with van der Waals surface area (Å²) in [5, 5.41) is 9.75. The Morgan fingerprint density at radius 1 is 1.09 bits per heavy atom. The number of para-hydroxylation sites is 1. The monoisotopic (exact) mass is 354 g/mol. The Kier molecular flexibility index (Phi) is 5.47. The molecule has 0 amide bonds. The number of carboxylic acid groups (broad SMARTS) is 1. The largest absolute Gasteiger partial charge is 0.478 e. The van der Waals surface area contributed by atoms with Crippen LogP contribution in [-0.4, -0.2) is 23.1 Å². The summed E-state index contributed by atoms with van der Waals surface area (Å²) in [5.41, 5.74) is -0.113. The molecule has 2 aromatic rings. The van der Waals surface area contributed by atoms with Crippen LogP contribution in [-0.2, 0) is 4.79 Å². The molecule has 5 nitrogen and oxygen atoms in total. The molecular formula is C16H12Cl2O5. The Bertz CT molecular complexity index is 745. The Labute approximate surface area is 142 Å². The number of carboxylic acids is 1. The standard InChI is InChI=1S/C16H12Cl2O5/c1-9(22-14-7-6-10(17)8-12(14)18)16(21)23-13-5-3-2-4-11(13)15(19)20/h2-9H,1H3,(H,19,20). The molecule has 0 aromatic heterocycles. The number of ether oxygens (including phenoxy) is 2. The molecule has 120 valence electrons. The molecule has 0 saturated carbocycles. The van der Waals surface area contributed by atoms with Crippen LogP contribution in [0.25, 0.3) is 0 Å². The number of aromatic carboxylic acids is 1. The fourth-order valence-corrected chi connectivity index (χ4v) is 2.19. The maximum Gasteiger partial charge on any atom is 0.352 e. The number of esters is 1. The van der Waals surface area contributed by atoms with E-state index in [0.29, 0.717) is 5.02 Å². The second-order valence-electron chi connectivity index (χ2n) is 4.56. The number of hydrogen-bond acceptors (Lipinski definition) is 4. The highest BCUT2D eigenvalue weighted by Crippen LogP contribution is 2.28. The third kappa shape index (κ3) is 4.37. The van der Waals surface area contributed by atoms with Gasteiger partial charge in [-0.15, -0.1) is 0 Å². The van der Waals surface area contributed by atoms with Gasteiger partial charge in [-0.1, -0.05) is 35.3 Å². The second kappa shape index (κ2) is 7.35. The number of halogens is 2. The first-order valence-corrected chi connectivity index (χ1v) is 7.30. The van der Waals surface area contributed by atoms with Gasteiger partial charge < -0.3 is 14.6 Å². The van der Waals surface area contributed by atoms with Gasteiger partial charge in [0.2, 0.25) is 0 Å². The highest BCUT2D eigenvalue weighted by Gasteiger charge is 2.21. The molecule has 0 spiro atoms. The zero-order valence-electron chi connectivity index (χ0n) is 12.0. The number of hydrogen-bond donors (Lipinski definition) is 1. The first kappa shape index (κ1) is 17.1. The molecule has 0 aliphatic rings. The Morgan fingerprint density at radius 3 is 2.43 bits per heavy atom. The van der Waals surface area contributed by atoms with Crippen LogP contribution in [0.2, 0.25) is 10.0 Å². The van der Waals surface area contributed by atoms with Gasteiger partial charge in [-0.25, -0.2) is 9.59 Å². The quantitative estimate of drug-likeness (QED) is 0.647. The minimum absolute atomic E-state index is 0.0531. The summed E-state index contributed by atoms with van der Waals surface area (Å²) in [5.74, 6) is -1.72. The maximum atomic E-state index is 12.1. The molecule has 0 bridgehead atoms. The lowest BCUT2D eigenvalue weighted by Gasteiger charge is -2.15. The van der Waals surface area contributed by atoms with Crippen molar-refractivity contribution in [2.45, 2.75) is 13.0 Å². The summed E-state index contributed by atoms with van der Waals surface area (Å²) in [6.07, 6.45) is -0.990. The van der Waals surface area contributed by atoms with E-state index in [4.69, 9.17) is 37.8 Å². The van der Waals surface area contributed by atoms with Crippen molar-refractivity contribution < 1.29 is 24.2 Å². The first-order valence-electron chi connectivity index (χ1n) is 6.54. The number of rotatable bonds is 5. The average molecular weight is 355 g/mol. The summed E-state index contributed by atoms with van der Waals surface area (Å²) in [7, 11) is 0. The van der Waals surface area contributed by atoms with E-state index in [1.807, 2.05) is 0 Å². The van der Waals surface area contributed by atoms with Crippen molar-refractivity contribution in [2.75, 3.05) is 0 Å². The average Bonchev–Trinajstić information content (AvgIpc) is 2.50. The van der Waals surface area contributed by atoms with Crippen molar-refractivity contribution >= 4 is 35.1 Å². The van der Waals surface area contributed by atoms with Gasteiger partial charge in [0.15, 0.2) is 6.10 Å². The van der Waals surface area contributed by atoms with Gasteiger partial charge in [0.1, 0.15) is 17.1 Å². The zero-order valence-corrected chi connectivity index (χ0v) is 13.5. The van der Waals surface area contributed by atoms with Gasteiger partial charge in [-0.05, 0) is 37.3 Å². The molecule has 0 fully saturated rings. The normalized spacial score (nSPS) is 11.6. The fourth-order valence-electron chi connectivity index (χ4n) is 1.73. The summed E-state index contributed by atoms with van der Waals surface area (Å²) in [6, 6.07) is 10.4. The Hall–Kier alpha value is -2.24. The van der Waals surface area contributed by atoms with Crippen LogP contribution in [0, 0.1) is 0 Å². The van der Waals surface area contributed by atoms with Gasteiger partial charge in [0, 0.05) is 5.02 Å². The molecule has 2 rings (SSSR count). The van der Waals surface area contributed by atoms with Crippen LogP contribution in [0.1, 0.15) is 17.3 Å². The topological polar surface area (TPSA) is 72.8 Å². The van der Waals surface area contributed by atoms with E-state index in [0.717, 1.165) is 0 Å². The highest BCUT2D eigenvalue weighted by atomic mass is 35.5. The van der Waals surface area contributed by atoms with E-state index >= 15 is 0 Å².